The van der Waals surface area contributed by atoms with Crippen LogP contribution < -0.4 is 14.4 Å². The Morgan fingerprint density at radius 3 is 2.00 bits per heavy atom. The van der Waals surface area contributed by atoms with Crippen molar-refractivity contribution in [2.24, 2.45) is 0 Å². The van der Waals surface area contributed by atoms with Gasteiger partial charge in [-0.15, -0.1) is 0 Å². The van der Waals surface area contributed by atoms with Crippen molar-refractivity contribution >= 4 is 27.5 Å². The fourth-order valence-electron chi connectivity index (χ4n) is 4.43. The Kier molecular flexibility index (Phi) is 11.3. The van der Waals surface area contributed by atoms with Gasteiger partial charge >= 0.3 is 0 Å². The average molecular weight is 580 g/mol. The van der Waals surface area contributed by atoms with Crippen LogP contribution in [0.25, 0.3) is 0 Å². The monoisotopic (exact) mass is 579 g/mol. The lowest BCUT2D eigenvalue weighted by Crippen LogP contribution is -2.52. The lowest BCUT2D eigenvalue weighted by atomic mass is 10.1. The Morgan fingerprint density at radius 2 is 1.46 bits per heavy atom. The van der Waals surface area contributed by atoms with Gasteiger partial charge in [0.25, 0.3) is 10.0 Å². The maximum atomic E-state index is 14.1. The van der Waals surface area contributed by atoms with Gasteiger partial charge in [-0.05, 0) is 68.7 Å². The highest BCUT2D eigenvalue weighted by Crippen LogP contribution is 2.27. The van der Waals surface area contributed by atoms with Crippen molar-refractivity contribution in [2.45, 2.75) is 64.4 Å². The highest BCUT2D eigenvalue weighted by atomic mass is 32.2. The average Bonchev–Trinajstić information content (AvgIpc) is 2.97. The molecule has 41 heavy (non-hydrogen) atoms. The number of anilines is 1. The van der Waals surface area contributed by atoms with Gasteiger partial charge in [0, 0.05) is 13.1 Å². The van der Waals surface area contributed by atoms with Crippen LogP contribution in [0.5, 0.6) is 5.75 Å². The van der Waals surface area contributed by atoms with Crippen molar-refractivity contribution in [1.82, 2.24) is 10.2 Å². The predicted molar refractivity (Wildman–Crippen MR) is 162 cm³/mol. The van der Waals surface area contributed by atoms with Crippen molar-refractivity contribution in [3.05, 3.63) is 89.5 Å². The molecule has 0 aromatic heterocycles. The molecular formula is C32H41N3O5S. The van der Waals surface area contributed by atoms with E-state index in [4.69, 9.17) is 4.74 Å². The van der Waals surface area contributed by atoms with Crippen molar-refractivity contribution in [3.8, 4) is 5.75 Å². The lowest BCUT2D eigenvalue weighted by molar-refractivity contribution is -0.140. The summed E-state index contributed by atoms with van der Waals surface area (Å²) in [4.78, 5) is 28.9. The smallest absolute Gasteiger partial charge is 0.264 e. The van der Waals surface area contributed by atoms with Crippen LogP contribution in [-0.2, 0) is 26.2 Å². The van der Waals surface area contributed by atoms with Crippen LogP contribution in [0.15, 0.2) is 77.7 Å². The normalized spacial score (nSPS) is 11.9. The molecule has 1 N–H and O–H groups in total. The number of benzene rings is 3. The van der Waals surface area contributed by atoms with Crippen LogP contribution in [0.2, 0.25) is 0 Å². The first-order chi connectivity index (χ1) is 19.6. The summed E-state index contributed by atoms with van der Waals surface area (Å²) in [5.74, 6) is -0.170. The third kappa shape index (κ3) is 8.33. The zero-order valence-corrected chi connectivity index (χ0v) is 25.4. The molecule has 0 saturated carbocycles. The molecule has 0 aliphatic heterocycles. The number of nitrogens with one attached hydrogen (secondary N) is 1. The molecular weight excluding hydrogens is 538 g/mol. The molecule has 9 heteroatoms. The minimum absolute atomic E-state index is 0.0705. The zero-order chi connectivity index (χ0) is 30.0. The molecule has 2 amide bonds. The largest absolute Gasteiger partial charge is 0.497 e. The maximum Gasteiger partial charge on any atom is 0.264 e. The van der Waals surface area contributed by atoms with E-state index in [2.05, 4.69) is 5.32 Å². The topological polar surface area (TPSA) is 96.0 Å². The highest BCUT2D eigenvalue weighted by Gasteiger charge is 2.33. The number of hydrogen-bond acceptors (Lipinski definition) is 5. The second-order valence-corrected chi connectivity index (χ2v) is 12.0. The summed E-state index contributed by atoms with van der Waals surface area (Å²) in [6, 6.07) is 20.0. The van der Waals surface area contributed by atoms with E-state index in [1.165, 1.54) is 24.1 Å². The fraction of sp³-hybridized carbons (Fsp3) is 0.375. The second kappa shape index (κ2) is 14.7. The number of unbranched alkanes of at least 4 members (excludes halogenated alkanes) is 1. The maximum absolute atomic E-state index is 14.1. The third-order valence-electron chi connectivity index (χ3n) is 6.94. The first-order valence-corrected chi connectivity index (χ1v) is 15.4. The van der Waals surface area contributed by atoms with E-state index in [1.807, 2.05) is 52.0 Å². The fourth-order valence-corrected chi connectivity index (χ4v) is 5.84. The van der Waals surface area contributed by atoms with Crippen LogP contribution in [0.1, 0.15) is 49.8 Å². The second-order valence-electron chi connectivity index (χ2n) is 10.1. The van der Waals surface area contributed by atoms with Crippen molar-refractivity contribution in [2.75, 3.05) is 24.5 Å². The molecule has 8 nitrogen and oxygen atoms in total. The molecule has 0 saturated heterocycles. The van der Waals surface area contributed by atoms with Crippen LogP contribution >= 0.6 is 0 Å². The van der Waals surface area contributed by atoms with Gasteiger partial charge in [0.2, 0.25) is 11.8 Å². The summed E-state index contributed by atoms with van der Waals surface area (Å²) >= 11 is 0. The van der Waals surface area contributed by atoms with Crippen LogP contribution in [0, 0.1) is 13.8 Å². The molecule has 1 atom stereocenters. The van der Waals surface area contributed by atoms with Crippen molar-refractivity contribution in [3.63, 3.8) is 0 Å². The molecule has 3 aromatic carbocycles. The molecule has 0 aliphatic rings. The number of nitrogens with zero attached hydrogens (tertiary/aromatic N) is 2. The minimum Gasteiger partial charge on any atom is -0.497 e. The molecule has 0 radical (unpaired) electrons. The molecule has 0 spiro atoms. The quantitative estimate of drug-likeness (QED) is 0.264. The summed E-state index contributed by atoms with van der Waals surface area (Å²) < 4.78 is 34.2. The molecule has 0 heterocycles. The summed E-state index contributed by atoms with van der Waals surface area (Å²) in [5, 5.41) is 2.95. The SMILES string of the molecule is CCCCNC(=O)[C@H](CC)N(Cc1ccc(C)cc1)C(=O)CN(c1ccc(OC)cc1)S(=O)(=O)c1ccc(C)cc1. The first-order valence-electron chi connectivity index (χ1n) is 14.0. The van der Waals surface area contributed by atoms with E-state index in [9.17, 15) is 18.0 Å². The van der Waals surface area contributed by atoms with Crippen molar-refractivity contribution < 1.29 is 22.7 Å². The van der Waals surface area contributed by atoms with Gasteiger partial charge < -0.3 is 15.0 Å². The predicted octanol–water partition coefficient (Wildman–Crippen LogP) is 5.23. The van der Waals surface area contributed by atoms with Gasteiger partial charge in [-0.1, -0.05) is 67.8 Å². The standard InChI is InChI=1S/C32H41N3O5S/c1-6-8-21-33-32(37)30(7-2)34(22-26-13-9-24(3)10-14-26)31(36)23-35(27-15-17-28(40-5)18-16-27)41(38,39)29-19-11-25(4)12-20-29/h9-20,30H,6-8,21-23H2,1-5H3,(H,33,37)/t30-/m0/s1. The van der Waals surface area contributed by atoms with E-state index >= 15 is 0 Å². The molecule has 3 aromatic rings. The number of rotatable bonds is 14. The van der Waals surface area contributed by atoms with Crippen molar-refractivity contribution in [1.29, 1.82) is 0 Å². The number of carbonyl (C=O) groups excluding carboxylic acids is 2. The van der Waals surface area contributed by atoms with Crippen LogP contribution in [0.4, 0.5) is 5.69 Å². The number of amides is 2. The van der Waals surface area contributed by atoms with E-state index in [0.29, 0.717) is 24.4 Å². The van der Waals surface area contributed by atoms with Gasteiger partial charge in [-0.25, -0.2) is 8.42 Å². The zero-order valence-electron chi connectivity index (χ0n) is 24.6. The summed E-state index contributed by atoms with van der Waals surface area (Å²) in [6.07, 6.45) is 2.13. The van der Waals surface area contributed by atoms with Gasteiger partial charge in [0.1, 0.15) is 18.3 Å². The number of methoxy groups -OCH3 is 1. The van der Waals surface area contributed by atoms with E-state index in [0.717, 1.165) is 33.8 Å². The van der Waals surface area contributed by atoms with Crippen LogP contribution in [0.3, 0.4) is 0 Å². The summed E-state index contributed by atoms with van der Waals surface area (Å²) in [7, 11) is -2.60. The Bertz CT molecular complexity index is 1390. The number of carbonyl (C=O) groups is 2. The highest BCUT2D eigenvalue weighted by molar-refractivity contribution is 7.92. The Labute approximate surface area is 244 Å². The Balaban J connectivity index is 2.03. The van der Waals surface area contributed by atoms with E-state index in [-0.39, 0.29) is 17.3 Å². The molecule has 0 unspecified atom stereocenters. The van der Waals surface area contributed by atoms with Gasteiger partial charge in [-0.2, -0.15) is 0 Å². The Morgan fingerprint density at radius 1 is 0.878 bits per heavy atom. The van der Waals surface area contributed by atoms with Gasteiger partial charge in [0.15, 0.2) is 0 Å². The number of ether oxygens (including phenoxy) is 1. The van der Waals surface area contributed by atoms with Crippen LogP contribution in [-0.4, -0.2) is 51.4 Å². The third-order valence-corrected chi connectivity index (χ3v) is 8.73. The first kappa shape index (κ1) is 31.7. The molecule has 0 aliphatic carbocycles. The molecule has 220 valence electrons. The van der Waals surface area contributed by atoms with E-state index < -0.39 is 28.5 Å². The minimum atomic E-state index is -4.12. The number of sulfonamides is 1. The molecule has 3 rings (SSSR count). The van der Waals surface area contributed by atoms with Gasteiger partial charge in [0.05, 0.1) is 17.7 Å². The lowest BCUT2D eigenvalue weighted by Gasteiger charge is -2.33. The summed E-state index contributed by atoms with van der Waals surface area (Å²) in [6.45, 7) is 7.94. The Hall–Kier alpha value is -3.85. The number of aryl methyl sites for hydroxylation is 2. The molecule has 0 bridgehead atoms. The molecule has 0 fully saturated rings. The van der Waals surface area contributed by atoms with E-state index in [1.54, 1.807) is 36.4 Å². The number of hydrogen-bond donors (Lipinski definition) is 1. The summed E-state index contributed by atoms with van der Waals surface area (Å²) in [5.41, 5.74) is 3.16. The van der Waals surface area contributed by atoms with Gasteiger partial charge in [-0.3, -0.25) is 13.9 Å².